The molecule has 6 rings (SSSR count). The maximum Gasteiger partial charge on any atom is 0.257 e. The van der Waals surface area contributed by atoms with E-state index in [2.05, 4.69) is 46.9 Å². The SMILES string of the molecule is CN=C/C=C(/COc1nn(C2CCN(N3[C@@H]4CC[C@H]3COC4)CC2)cc1Nc1ncc(-c2ccc(C#N)c(O[C@@H](C)CN(C=N)N=N)c2)cn1)NC. The van der Waals surface area contributed by atoms with Gasteiger partial charge in [0.2, 0.25) is 5.95 Å². The number of piperidine rings is 1. The first-order valence-corrected chi connectivity index (χ1v) is 17.5. The number of hydrazine groups is 1. The molecule has 0 amide bonds. The van der Waals surface area contributed by atoms with Crippen molar-refractivity contribution >= 4 is 24.2 Å². The number of nitrogens with one attached hydrogen (secondary N) is 4. The van der Waals surface area contributed by atoms with E-state index < -0.39 is 6.10 Å². The number of benzene rings is 1. The summed E-state index contributed by atoms with van der Waals surface area (Å²) in [7, 11) is 3.56. The Labute approximate surface area is 303 Å². The van der Waals surface area contributed by atoms with Crippen LogP contribution in [0.3, 0.4) is 0 Å². The molecule has 0 unspecified atom stereocenters. The highest BCUT2D eigenvalue weighted by molar-refractivity contribution is 5.72. The molecular weight excluding hydrogens is 664 g/mol. The molecule has 0 spiro atoms. The Balaban J connectivity index is 1.17. The lowest BCUT2D eigenvalue weighted by Crippen LogP contribution is -2.57. The molecule has 0 radical (unpaired) electrons. The van der Waals surface area contributed by atoms with E-state index in [0.717, 1.165) is 67.3 Å². The Bertz CT molecular complexity index is 1760. The second-order valence-electron chi connectivity index (χ2n) is 13.0. The average Bonchev–Trinajstić information content (AvgIpc) is 3.69. The minimum Gasteiger partial charge on any atom is -0.487 e. The molecule has 3 atom stereocenters. The molecule has 3 fully saturated rings. The van der Waals surface area contributed by atoms with Crippen molar-refractivity contribution in [2.75, 3.05) is 58.9 Å². The summed E-state index contributed by atoms with van der Waals surface area (Å²) in [5.74, 6) is 1.19. The second-order valence-corrected chi connectivity index (χ2v) is 13.0. The maximum absolute atomic E-state index is 9.66. The number of nitriles is 1. The molecule has 3 saturated heterocycles. The molecular formula is C35H46N14O3. The molecule has 52 heavy (non-hydrogen) atoms. The number of hydrogen-bond acceptors (Lipinski definition) is 15. The first-order valence-electron chi connectivity index (χ1n) is 17.5. The second kappa shape index (κ2) is 17.2. The van der Waals surface area contributed by atoms with E-state index in [9.17, 15) is 5.26 Å². The summed E-state index contributed by atoms with van der Waals surface area (Å²) in [5.41, 5.74) is 10.5. The van der Waals surface area contributed by atoms with Crippen LogP contribution < -0.4 is 20.1 Å². The number of likely N-dealkylation sites (N-methyl/N-ethyl adjacent to an activating group) is 1. The van der Waals surface area contributed by atoms with Gasteiger partial charge < -0.3 is 24.8 Å². The predicted octanol–water partition coefficient (Wildman–Crippen LogP) is 4.18. The van der Waals surface area contributed by atoms with Gasteiger partial charge in [-0.25, -0.2) is 25.0 Å². The van der Waals surface area contributed by atoms with Crippen molar-refractivity contribution in [3.63, 3.8) is 0 Å². The van der Waals surface area contributed by atoms with Crippen LogP contribution in [-0.4, -0.2) is 119 Å². The van der Waals surface area contributed by atoms with Crippen molar-refractivity contribution < 1.29 is 14.2 Å². The van der Waals surface area contributed by atoms with E-state index in [1.807, 2.05) is 30.1 Å². The fourth-order valence-electron chi connectivity index (χ4n) is 6.88. The quantitative estimate of drug-likeness (QED) is 0.0717. The lowest BCUT2D eigenvalue weighted by Gasteiger charge is -2.45. The van der Waals surface area contributed by atoms with Gasteiger partial charge in [-0.3, -0.25) is 15.1 Å². The summed E-state index contributed by atoms with van der Waals surface area (Å²) >= 11 is 0. The summed E-state index contributed by atoms with van der Waals surface area (Å²) < 4.78 is 20.1. The monoisotopic (exact) mass is 710 g/mol. The number of nitrogens with zero attached hydrogens (tertiary/aromatic N) is 10. The summed E-state index contributed by atoms with van der Waals surface area (Å²) in [5, 5.41) is 37.9. The van der Waals surface area contributed by atoms with Gasteiger partial charge >= 0.3 is 0 Å². The van der Waals surface area contributed by atoms with Crippen LogP contribution >= 0.6 is 0 Å². The zero-order valence-corrected chi connectivity index (χ0v) is 29.8. The Kier molecular flexibility index (Phi) is 12.0. The molecule has 274 valence electrons. The molecule has 1 aromatic carbocycles. The van der Waals surface area contributed by atoms with E-state index in [1.165, 1.54) is 12.8 Å². The molecule has 17 nitrogen and oxygen atoms in total. The van der Waals surface area contributed by atoms with Crippen LogP contribution in [-0.2, 0) is 4.74 Å². The fraction of sp³-hybridized carbons (Fsp3) is 0.486. The number of hydrogen-bond donors (Lipinski definition) is 4. The molecule has 3 aliphatic rings. The van der Waals surface area contributed by atoms with Gasteiger partial charge in [0.15, 0.2) is 0 Å². The van der Waals surface area contributed by atoms with Gasteiger partial charge in [0.25, 0.3) is 5.88 Å². The van der Waals surface area contributed by atoms with Crippen molar-refractivity contribution in [1.29, 1.82) is 16.2 Å². The van der Waals surface area contributed by atoms with Gasteiger partial charge in [-0.1, -0.05) is 11.3 Å². The van der Waals surface area contributed by atoms with Crippen LogP contribution in [0.25, 0.3) is 11.1 Å². The largest absolute Gasteiger partial charge is 0.487 e. The average molecular weight is 711 g/mol. The Morgan fingerprint density at radius 2 is 1.90 bits per heavy atom. The third-order valence-corrected chi connectivity index (χ3v) is 9.54. The number of aliphatic imine (C=N–C) groups is 1. The lowest BCUT2D eigenvalue weighted by atomic mass is 10.1. The minimum absolute atomic E-state index is 0.182. The van der Waals surface area contributed by atoms with E-state index in [-0.39, 0.29) is 19.2 Å². The molecule has 3 aliphatic heterocycles. The maximum atomic E-state index is 9.66. The van der Waals surface area contributed by atoms with Crippen LogP contribution in [0, 0.1) is 22.3 Å². The normalized spacial score (nSPS) is 20.3. The molecule has 3 aromatic rings. The number of ether oxygens (including phenoxy) is 3. The third kappa shape index (κ3) is 8.53. The summed E-state index contributed by atoms with van der Waals surface area (Å²) in [6.45, 7) is 5.81. The van der Waals surface area contributed by atoms with Crippen molar-refractivity contribution in [3.05, 3.63) is 54.1 Å². The molecule has 17 heteroatoms. The van der Waals surface area contributed by atoms with Crippen LogP contribution in [0.1, 0.15) is 44.2 Å². The number of morpholine rings is 1. The highest BCUT2D eigenvalue weighted by Gasteiger charge is 2.41. The van der Waals surface area contributed by atoms with Gasteiger partial charge in [-0.15, -0.1) is 5.10 Å². The molecule has 2 aromatic heterocycles. The third-order valence-electron chi connectivity index (χ3n) is 9.54. The number of anilines is 2. The van der Waals surface area contributed by atoms with Gasteiger partial charge in [0.1, 0.15) is 36.6 Å². The first kappa shape index (κ1) is 36.4. The number of fused-ring (bicyclic) bond motifs is 2. The predicted molar refractivity (Wildman–Crippen MR) is 195 cm³/mol. The van der Waals surface area contributed by atoms with Gasteiger partial charge in [0.05, 0.1) is 43.3 Å². The van der Waals surface area contributed by atoms with Crippen molar-refractivity contribution in [1.82, 2.24) is 40.1 Å². The van der Waals surface area contributed by atoms with Crippen molar-refractivity contribution in [2.24, 2.45) is 10.2 Å². The Hall–Kier alpha value is -5.44. The van der Waals surface area contributed by atoms with Gasteiger partial charge in [0, 0.05) is 63.4 Å². The highest BCUT2D eigenvalue weighted by atomic mass is 16.5. The molecule has 4 N–H and O–H groups in total. The molecule has 5 heterocycles. The zero-order chi connectivity index (χ0) is 36.5. The Morgan fingerprint density at radius 1 is 1.15 bits per heavy atom. The number of allylic oxidation sites excluding steroid dienone is 1. The minimum atomic E-state index is -0.440. The van der Waals surface area contributed by atoms with E-state index in [4.69, 9.17) is 30.2 Å². The number of aromatic nitrogens is 4. The zero-order valence-electron chi connectivity index (χ0n) is 29.8. The standard InChI is InChI=1S/C35H46N14O3/c1-24(18-46(23-37)45-38)52-33-14-25(4-5-26(33)15-36)27-16-41-35(42-17-27)43-32-19-48(44-34(32)51-20-28(40-3)8-11-39-2)29-9-12-47(13-10-29)49-30-6-7-31(49)22-50-21-30/h4-5,8,11,14,16-17,19,23-24,29-31,37-38,40H,6-7,9-10,12-13,18,20-22H2,1-3H3,(H,41,42,43)/b28-8-,37-23?,39-11?,45-38?/t24-,30-,31+/m0/s1. The van der Waals surface area contributed by atoms with Crippen LogP contribution in [0.5, 0.6) is 11.6 Å². The van der Waals surface area contributed by atoms with E-state index in [1.54, 1.807) is 44.7 Å². The lowest BCUT2D eigenvalue weighted by molar-refractivity contribution is -0.146. The fourth-order valence-corrected chi connectivity index (χ4v) is 6.88. The summed E-state index contributed by atoms with van der Waals surface area (Å²) in [6.07, 6.45) is 13.8. The molecule has 0 saturated carbocycles. The van der Waals surface area contributed by atoms with E-state index >= 15 is 0 Å². The van der Waals surface area contributed by atoms with Gasteiger partial charge in [-0.2, -0.15) is 10.8 Å². The topological polar surface area (TPSA) is 201 Å². The molecule has 2 bridgehead atoms. The molecule has 0 aliphatic carbocycles. The summed E-state index contributed by atoms with van der Waals surface area (Å²) in [4.78, 5) is 13.2. The smallest absolute Gasteiger partial charge is 0.257 e. The Morgan fingerprint density at radius 3 is 2.56 bits per heavy atom. The summed E-state index contributed by atoms with van der Waals surface area (Å²) in [6, 6.07) is 8.61. The first-order chi connectivity index (χ1) is 25.4. The van der Waals surface area contributed by atoms with Crippen LogP contribution in [0.4, 0.5) is 11.6 Å². The van der Waals surface area contributed by atoms with Crippen molar-refractivity contribution in [3.8, 4) is 28.8 Å². The van der Waals surface area contributed by atoms with E-state index in [0.29, 0.717) is 40.9 Å². The van der Waals surface area contributed by atoms with Crippen LogP contribution in [0.15, 0.2) is 58.8 Å². The highest BCUT2D eigenvalue weighted by Crippen LogP contribution is 2.35. The van der Waals surface area contributed by atoms with Crippen molar-refractivity contribution in [2.45, 2.75) is 56.8 Å². The number of rotatable bonds is 16. The van der Waals surface area contributed by atoms with Crippen LogP contribution in [0.2, 0.25) is 0 Å². The van der Waals surface area contributed by atoms with Gasteiger partial charge in [-0.05, 0) is 56.4 Å².